The first-order chi connectivity index (χ1) is 7.74. The molecule has 1 aromatic carbocycles. The molecule has 0 aliphatic carbocycles. The Morgan fingerprint density at radius 2 is 2.38 bits per heavy atom. The van der Waals surface area contributed by atoms with Crippen molar-refractivity contribution in [3.8, 4) is 5.75 Å². The Hall–Kier alpha value is -1.79. The standard InChI is InChI=1S/C10H12N4O2/c11-10-12-7-4-6-2-1-3-16-9(6)5-8(7)14(15)13-10/h4-5,14H,1-3H2,(H3,11,12,13). The first-order valence-electron chi connectivity index (χ1n) is 5.19. The molecule has 4 N–H and O–H groups in total. The summed E-state index contributed by atoms with van der Waals surface area (Å²) in [5.74, 6) is 0.935. The van der Waals surface area contributed by atoms with E-state index in [1.807, 2.05) is 6.07 Å². The van der Waals surface area contributed by atoms with Crippen LogP contribution in [-0.4, -0.2) is 12.6 Å². The van der Waals surface area contributed by atoms with Crippen LogP contribution in [0.3, 0.4) is 0 Å². The lowest BCUT2D eigenvalue weighted by Gasteiger charge is -2.26. The third kappa shape index (κ3) is 1.39. The average Bonchev–Trinajstić information content (AvgIpc) is 2.27. The van der Waals surface area contributed by atoms with Crippen molar-refractivity contribution in [2.24, 2.45) is 10.8 Å². The van der Waals surface area contributed by atoms with E-state index in [2.05, 4.69) is 10.4 Å². The van der Waals surface area contributed by atoms with Crippen molar-refractivity contribution < 1.29 is 9.91 Å². The molecular formula is C10H12N4O2. The molecule has 0 amide bonds. The molecule has 0 fully saturated rings. The highest BCUT2D eigenvalue weighted by Crippen LogP contribution is 2.33. The Morgan fingerprint density at radius 3 is 3.25 bits per heavy atom. The van der Waals surface area contributed by atoms with Crippen molar-refractivity contribution in [2.75, 3.05) is 11.9 Å². The first-order valence-corrected chi connectivity index (χ1v) is 5.19. The summed E-state index contributed by atoms with van der Waals surface area (Å²) in [6.07, 6.45) is 1.97. The number of quaternary nitrogens is 1. The van der Waals surface area contributed by atoms with Crippen LogP contribution >= 0.6 is 0 Å². The second kappa shape index (κ2) is 3.36. The molecule has 6 heteroatoms. The van der Waals surface area contributed by atoms with E-state index in [-0.39, 0.29) is 11.1 Å². The highest BCUT2D eigenvalue weighted by molar-refractivity contribution is 5.95. The summed E-state index contributed by atoms with van der Waals surface area (Å²) in [6.45, 7) is 0.707. The summed E-state index contributed by atoms with van der Waals surface area (Å²) in [7, 11) is 0. The molecule has 16 heavy (non-hydrogen) atoms. The summed E-state index contributed by atoms with van der Waals surface area (Å²) < 4.78 is 5.50. The number of rotatable bonds is 0. The zero-order valence-electron chi connectivity index (χ0n) is 8.62. The summed E-state index contributed by atoms with van der Waals surface area (Å²) in [5.41, 5.74) is 7.86. The van der Waals surface area contributed by atoms with Crippen molar-refractivity contribution in [2.45, 2.75) is 12.8 Å². The van der Waals surface area contributed by atoms with E-state index < -0.39 is 0 Å². The van der Waals surface area contributed by atoms with Gasteiger partial charge < -0.3 is 21.0 Å². The second-order valence-corrected chi connectivity index (χ2v) is 3.88. The normalized spacial score (nSPS) is 22.3. The number of hydrogen-bond acceptors (Lipinski definition) is 5. The van der Waals surface area contributed by atoms with Crippen LogP contribution in [-0.2, 0) is 6.42 Å². The fourth-order valence-electron chi connectivity index (χ4n) is 2.02. The van der Waals surface area contributed by atoms with E-state index >= 15 is 0 Å². The Labute approximate surface area is 92.3 Å². The lowest BCUT2D eigenvalue weighted by atomic mass is 10.0. The van der Waals surface area contributed by atoms with Crippen LogP contribution in [0.15, 0.2) is 17.2 Å². The number of aryl methyl sites for hydroxylation is 1. The summed E-state index contributed by atoms with van der Waals surface area (Å²) in [5, 5.41) is 17.9. The van der Waals surface area contributed by atoms with Crippen LogP contribution in [0.25, 0.3) is 0 Å². The van der Waals surface area contributed by atoms with Crippen LogP contribution < -0.4 is 21.0 Å². The van der Waals surface area contributed by atoms with Crippen LogP contribution in [0.5, 0.6) is 5.75 Å². The Balaban J connectivity index is 2.09. The smallest absolute Gasteiger partial charge is 0.252 e. The number of benzene rings is 1. The van der Waals surface area contributed by atoms with Gasteiger partial charge in [-0.1, -0.05) is 0 Å². The van der Waals surface area contributed by atoms with E-state index in [1.165, 1.54) is 0 Å². The summed E-state index contributed by atoms with van der Waals surface area (Å²) >= 11 is 0. The Morgan fingerprint density at radius 1 is 1.50 bits per heavy atom. The third-order valence-electron chi connectivity index (χ3n) is 2.76. The SMILES string of the molecule is NC1=N[NH+]([O-])c2cc3c(cc2N1)CCCO3. The van der Waals surface area contributed by atoms with Gasteiger partial charge in [0.25, 0.3) is 5.96 Å². The number of fused-ring (bicyclic) bond motifs is 2. The van der Waals surface area contributed by atoms with Crippen LogP contribution in [0.1, 0.15) is 12.0 Å². The minimum absolute atomic E-state index is 0.147. The van der Waals surface area contributed by atoms with E-state index in [0.717, 1.165) is 29.8 Å². The predicted molar refractivity (Wildman–Crippen MR) is 59.5 cm³/mol. The molecule has 0 spiro atoms. The molecule has 0 radical (unpaired) electrons. The molecular weight excluding hydrogens is 208 g/mol. The number of nitrogens with two attached hydrogens (primary N) is 1. The number of anilines is 1. The molecule has 0 saturated carbocycles. The zero-order valence-corrected chi connectivity index (χ0v) is 8.62. The number of hydrogen-bond donors (Lipinski definition) is 3. The van der Waals surface area contributed by atoms with Gasteiger partial charge in [0, 0.05) is 6.07 Å². The predicted octanol–water partition coefficient (Wildman–Crippen LogP) is -0.319. The van der Waals surface area contributed by atoms with Gasteiger partial charge in [-0.3, -0.25) is 0 Å². The largest absolute Gasteiger partial charge is 0.601 e. The van der Waals surface area contributed by atoms with Crippen LogP contribution in [0, 0.1) is 5.21 Å². The zero-order chi connectivity index (χ0) is 11.1. The maximum absolute atomic E-state index is 11.6. The van der Waals surface area contributed by atoms with E-state index in [0.29, 0.717) is 12.3 Å². The van der Waals surface area contributed by atoms with Crippen molar-refractivity contribution in [1.29, 1.82) is 0 Å². The van der Waals surface area contributed by atoms with Gasteiger partial charge in [0.2, 0.25) is 0 Å². The van der Waals surface area contributed by atoms with Crippen molar-refractivity contribution in [1.82, 2.24) is 0 Å². The summed E-state index contributed by atoms with van der Waals surface area (Å²) in [6, 6.07) is 3.67. The molecule has 2 heterocycles. The third-order valence-corrected chi connectivity index (χ3v) is 2.76. The first kappa shape index (κ1) is 9.44. The number of nitrogens with zero attached hydrogens (tertiary/aromatic N) is 1. The molecule has 6 nitrogen and oxygen atoms in total. The fourth-order valence-corrected chi connectivity index (χ4v) is 2.02. The minimum atomic E-state index is -0.316. The molecule has 2 aliphatic heterocycles. The van der Waals surface area contributed by atoms with Crippen LogP contribution in [0.4, 0.5) is 11.4 Å². The molecule has 1 atom stereocenters. The number of guanidine groups is 1. The maximum Gasteiger partial charge on any atom is 0.252 e. The lowest BCUT2D eigenvalue weighted by Crippen LogP contribution is -2.98. The summed E-state index contributed by atoms with van der Waals surface area (Å²) in [4.78, 5) is 0. The van der Waals surface area contributed by atoms with Crippen molar-refractivity contribution >= 4 is 17.3 Å². The topological polar surface area (TPSA) is 87.1 Å². The molecule has 0 bridgehead atoms. The van der Waals surface area contributed by atoms with Gasteiger partial charge in [-0.15, -0.1) is 0 Å². The minimum Gasteiger partial charge on any atom is -0.601 e. The molecule has 2 aliphatic rings. The van der Waals surface area contributed by atoms with Crippen molar-refractivity contribution in [3.63, 3.8) is 0 Å². The molecule has 1 unspecified atom stereocenters. The van der Waals surface area contributed by atoms with E-state index in [4.69, 9.17) is 10.5 Å². The van der Waals surface area contributed by atoms with Crippen LogP contribution in [0.2, 0.25) is 0 Å². The molecule has 1 aromatic rings. The number of nitrogens with one attached hydrogen (secondary N) is 2. The second-order valence-electron chi connectivity index (χ2n) is 3.88. The quantitative estimate of drug-likeness (QED) is 0.523. The van der Waals surface area contributed by atoms with Gasteiger partial charge in [0.05, 0.1) is 6.61 Å². The van der Waals surface area contributed by atoms with Crippen molar-refractivity contribution in [3.05, 3.63) is 22.9 Å². The molecule has 3 rings (SSSR count). The van der Waals surface area contributed by atoms with Gasteiger partial charge in [0.15, 0.2) is 5.69 Å². The van der Waals surface area contributed by atoms with E-state index in [9.17, 15) is 5.21 Å². The number of ether oxygens (including phenoxy) is 1. The van der Waals surface area contributed by atoms with Gasteiger partial charge in [-0.25, -0.2) is 5.17 Å². The van der Waals surface area contributed by atoms with Gasteiger partial charge in [-0.05, 0) is 29.6 Å². The highest BCUT2D eigenvalue weighted by Gasteiger charge is 2.22. The molecule has 84 valence electrons. The lowest BCUT2D eigenvalue weighted by molar-refractivity contribution is -0.783. The van der Waals surface area contributed by atoms with Gasteiger partial charge in [0.1, 0.15) is 11.4 Å². The average molecular weight is 220 g/mol. The highest BCUT2D eigenvalue weighted by atomic mass is 16.5. The van der Waals surface area contributed by atoms with Gasteiger partial charge >= 0.3 is 0 Å². The Kier molecular flexibility index (Phi) is 1.98. The van der Waals surface area contributed by atoms with Gasteiger partial charge in [-0.2, -0.15) is 0 Å². The Bertz CT molecular complexity index is 472. The monoisotopic (exact) mass is 220 g/mol. The molecule has 0 saturated heterocycles. The maximum atomic E-state index is 11.6. The fraction of sp³-hybridized carbons (Fsp3) is 0.300. The molecule has 0 aromatic heterocycles. The van der Waals surface area contributed by atoms with E-state index in [1.54, 1.807) is 6.07 Å².